The Morgan fingerprint density at radius 3 is 2.78 bits per heavy atom. The molecule has 7 heteroatoms. The Kier molecular flexibility index (Phi) is 4.18. The second-order valence-corrected chi connectivity index (χ2v) is 7.84. The predicted molar refractivity (Wildman–Crippen MR) is 111 cm³/mol. The Morgan fingerprint density at radius 2 is 1.89 bits per heavy atom. The zero-order chi connectivity index (χ0) is 18.2. The van der Waals surface area contributed by atoms with E-state index in [9.17, 15) is 4.79 Å². The molecule has 1 fully saturated rings. The topological polar surface area (TPSA) is 57.2 Å². The molecular weight excluding hydrogens is 358 g/mol. The first-order valence-corrected chi connectivity index (χ1v) is 10.1. The fourth-order valence-corrected chi connectivity index (χ4v) is 4.66. The lowest BCUT2D eigenvalue weighted by Gasteiger charge is -2.35. The molecule has 0 atom stereocenters. The second-order valence-electron chi connectivity index (χ2n) is 6.89. The highest BCUT2D eigenvalue weighted by Gasteiger charge is 2.20. The average Bonchev–Trinajstić information content (AvgIpc) is 3.30. The van der Waals surface area contributed by atoms with E-state index >= 15 is 0 Å². The Bertz CT molecular complexity index is 1140. The van der Waals surface area contributed by atoms with Gasteiger partial charge in [0, 0.05) is 55.6 Å². The van der Waals surface area contributed by atoms with Gasteiger partial charge in [-0.25, -0.2) is 9.78 Å². The molecule has 1 saturated heterocycles. The number of fused-ring (bicyclic) bond motifs is 2. The number of anilines is 1. The minimum atomic E-state index is -0.0248. The summed E-state index contributed by atoms with van der Waals surface area (Å²) in [5, 5.41) is 3.38. The number of para-hydroxylation sites is 2. The third-order valence-electron chi connectivity index (χ3n) is 5.35. The van der Waals surface area contributed by atoms with Gasteiger partial charge in [-0.3, -0.25) is 9.47 Å². The number of pyridine rings is 1. The lowest BCUT2D eigenvalue weighted by atomic mass is 10.2. The van der Waals surface area contributed by atoms with Crippen molar-refractivity contribution in [3.8, 4) is 0 Å². The summed E-state index contributed by atoms with van der Waals surface area (Å²) < 4.78 is 3.14. The first-order valence-electron chi connectivity index (χ1n) is 9.27. The van der Waals surface area contributed by atoms with Crippen LogP contribution in [0.2, 0.25) is 0 Å². The van der Waals surface area contributed by atoms with Crippen molar-refractivity contribution >= 4 is 38.3 Å². The summed E-state index contributed by atoms with van der Waals surface area (Å²) in [6, 6.07) is 12.1. The van der Waals surface area contributed by atoms with E-state index in [2.05, 4.69) is 37.3 Å². The van der Waals surface area contributed by atoms with E-state index in [1.54, 1.807) is 11.3 Å². The van der Waals surface area contributed by atoms with Gasteiger partial charge in [-0.15, -0.1) is 11.3 Å². The molecule has 27 heavy (non-hydrogen) atoms. The molecule has 1 N–H and O–H groups in total. The standard InChI is InChI=1S/C20H21N5OS/c26-20-22-16-3-1-2-4-17(16)25(20)13-10-23-8-11-24(12-9-23)19-15-6-14-27-18(15)5-7-21-19/h1-7,14H,8-13H2,(H,22,26). The number of nitrogens with one attached hydrogen (secondary N) is 1. The van der Waals surface area contributed by atoms with Gasteiger partial charge in [0.25, 0.3) is 0 Å². The molecule has 6 nitrogen and oxygen atoms in total. The summed E-state index contributed by atoms with van der Waals surface area (Å²) in [4.78, 5) is 24.6. The first-order chi connectivity index (χ1) is 13.3. The predicted octanol–water partition coefficient (Wildman–Crippen LogP) is 2.76. The molecule has 1 aromatic carbocycles. The fraction of sp³-hybridized carbons (Fsp3) is 0.300. The van der Waals surface area contributed by atoms with Crippen LogP contribution in [0.15, 0.2) is 52.8 Å². The van der Waals surface area contributed by atoms with Gasteiger partial charge in [-0.2, -0.15) is 0 Å². The van der Waals surface area contributed by atoms with Crippen molar-refractivity contribution in [2.45, 2.75) is 6.54 Å². The average molecular weight is 379 g/mol. The van der Waals surface area contributed by atoms with E-state index in [0.717, 1.165) is 49.6 Å². The molecule has 1 aliphatic rings. The SMILES string of the molecule is O=c1[nH]c2ccccc2n1CCN1CCN(c2nccc3sccc23)CC1. The highest BCUT2D eigenvalue weighted by molar-refractivity contribution is 7.17. The molecule has 4 aromatic rings. The van der Waals surface area contributed by atoms with Crippen LogP contribution in [0.4, 0.5) is 5.82 Å². The highest BCUT2D eigenvalue weighted by Crippen LogP contribution is 2.28. The minimum Gasteiger partial charge on any atom is -0.354 e. The number of nitrogens with zero attached hydrogens (tertiary/aromatic N) is 4. The maximum absolute atomic E-state index is 12.2. The summed E-state index contributed by atoms with van der Waals surface area (Å²) in [5.74, 6) is 1.10. The minimum absolute atomic E-state index is 0.0248. The number of piperazine rings is 1. The van der Waals surface area contributed by atoms with Crippen LogP contribution in [-0.4, -0.2) is 52.2 Å². The number of aromatic nitrogens is 3. The van der Waals surface area contributed by atoms with E-state index in [1.807, 2.05) is 35.0 Å². The van der Waals surface area contributed by atoms with Gasteiger partial charge in [0.05, 0.1) is 11.0 Å². The Hall–Kier alpha value is -2.64. The van der Waals surface area contributed by atoms with E-state index in [4.69, 9.17) is 0 Å². The van der Waals surface area contributed by atoms with Crippen LogP contribution in [0.25, 0.3) is 21.1 Å². The molecule has 4 heterocycles. The monoisotopic (exact) mass is 379 g/mol. The van der Waals surface area contributed by atoms with E-state index in [1.165, 1.54) is 10.1 Å². The molecule has 3 aromatic heterocycles. The van der Waals surface area contributed by atoms with Crippen LogP contribution >= 0.6 is 11.3 Å². The summed E-state index contributed by atoms with van der Waals surface area (Å²) in [6.07, 6.45) is 1.91. The number of H-pyrrole nitrogens is 1. The van der Waals surface area contributed by atoms with Crippen molar-refractivity contribution < 1.29 is 0 Å². The normalized spacial score (nSPS) is 15.8. The van der Waals surface area contributed by atoms with E-state index in [-0.39, 0.29) is 5.69 Å². The lowest BCUT2D eigenvalue weighted by Crippen LogP contribution is -2.47. The summed E-state index contributed by atoms with van der Waals surface area (Å²) in [5.41, 5.74) is 1.86. The number of hydrogen-bond acceptors (Lipinski definition) is 5. The lowest BCUT2D eigenvalue weighted by molar-refractivity contribution is 0.248. The van der Waals surface area contributed by atoms with Gasteiger partial charge in [0.15, 0.2) is 0 Å². The Morgan fingerprint density at radius 1 is 1.04 bits per heavy atom. The molecular formula is C20H21N5OS. The zero-order valence-electron chi connectivity index (χ0n) is 15.0. The quantitative estimate of drug-likeness (QED) is 0.592. The molecule has 0 aliphatic carbocycles. The molecule has 0 spiro atoms. The summed E-state index contributed by atoms with van der Waals surface area (Å²) >= 11 is 1.76. The number of aromatic amines is 1. The van der Waals surface area contributed by atoms with Crippen molar-refractivity contribution in [3.05, 3.63) is 58.5 Å². The molecule has 0 unspecified atom stereocenters. The van der Waals surface area contributed by atoms with E-state index < -0.39 is 0 Å². The summed E-state index contributed by atoms with van der Waals surface area (Å²) in [7, 11) is 0. The number of thiophene rings is 1. The maximum atomic E-state index is 12.2. The van der Waals surface area contributed by atoms with Crippen LogP contribution in [0.3, 0.4) is 0 Å². The van der Waals surface area contributed by atoms with Crippen LogP contribution in [0.5, 0.6) is 0 Å². The number of hydrogen-bond donors (Lipinski definition) is 1. The Labute approximate surface area is 160 Å². The molecule has 0 bridgehead atoms. The number of rotatable bonds is 4. The van der Waals surface area contributed by atoms with E-state index in [0.29, 0.717) is 6.54 Å². The molecule has 0 saturated carbocycles. The molecule has 5 rings (SSSR count). The van der Waals surface area contributed by atoms with Gasteiger partial charge in [0.1, 0.15) is 5.82 Å². The highest BCUT2D eigenvalue weighted by atomic mass is 32.1. The molecule has 138 valence electrons. The van der Waals surface area contributed by atoms with Crippen molar-refractivity contribution in [2.24, 2.45) is 0 Å². The summed E-state index contributed by atoms with van der Waals surface area (Å²) in [6.45, 7) is 5.49. The van der Waals surface area contributed by atoms with Crippen LogP contribution in [0, 0.1) is 0 Å². The number of imidazole rings is 1. The van der Waals surface area contributed by atoms with Gasteiger partial charge >= 0.3 is 5.69 Å². The zero-order valence-corrected chi connectivity index (χ0v) is 15.8. The van der Waals surface area contributed by atoms with Gasteiger partial charge in [-0.1, -0.05) is 12.1 Å². The van der Waals surface area contributed by atoms with Gasteiger partial charge in [0.2, 0.25) is 0 Å². The van der Waals surface area contributed by atoms with Gasteiger partial charge < -0.3 is 9.88 Å². The third kappa shape index (κ3) is 3.02. The molecule has 0 amide bonds. The molecule has 0 radical (unpaired) electrons. The second kappa shape index (κ2) is 6.83. The smallest absolute Gasteiger partial charge is 0.326 e. The largest absolute Gasteiger partial charge is 0.354 e. The van der Waals surface area contributed by atoms with Crippen LogP contribution < -0.4 is 10.6 Å². The fourth-order valence-electron chi connectivity index (χ4n) is 3.89. The Balaban J connectivity index is 1.25. The molecule has 1 aliphatic heterocycles. The number of benzene rings is 1. The van der Waals surface area contributed by atoms with Crippen molar-refractivity contribution in [1.82, 2.24) is 19.4 Å². The van der Waals surface area contributed by atoms with Crippen molar-refractivity contribution in [3.63, 3.8) is 0 Å². The first kappa shape index (κ1) is 16.5. The van der Waals surface area contributed by atoms with Crippen LogP contribution in [0.1, 0.15) is 0 Å². The van der Waals surface area contributed by atoms with Gasteiger partial charge in [-0.05, 0) is 29.6 Å². The van der Waals surface area contributed by atoms with Crippen molar-refractivity contribution in [1.29, 1.82) is 0 Å². The van der Waals surface area contributed by atoms with Crippen LogP contribution in [-0.2, 0) is 6.54 Å². The maximum Gasteiger partial charge on any atom is 0.326 e. The third-order valence-corrected chi connectivity index (χ3v) is 6.23. The van der Waals surface area contributed by atoms with Crippen molar-refractivity contribution in [2.75, 3.05) is 37.6 Å².